The molecular weight excluding hydrogens is 518 g/mol. The van der Waals surface area contributed by atoms with E-state index in [2.05, 4.69) is 30.5 Å². The van der Waals surface area contributed by atoms with Crippen molar-refractivity contribution in [3.63, 3.8) is 0 Å². The molecule has 4 aromatic rings. The van der Waals surface area contributed by atoms with Gasteiger partial charge in [0.05, 0.1) is 24.2 Å². The third-order valence-electron chi connectivity index (χ3n) is 6.42. The summed E-state index contributed by atoms with van der Waals surface area (Å²) in [6, 6.07) is 14.3. The number of hydrogen-bond donors (Lipinski definition) is 3. The van der Waals surface area contributed by atoms with Gasteiger partial charge in [-0.3, -0.25) is 9.12 Å². The number of ether oxygens (including phenoxy) is 1. The number of carbonyl (C=O) groups is 1. The second-order valence-electron chi connectivity index (χ2n) is 10.7. The molecule has 3 heterocycles. The van der Waals surface area contributed by atoms with Crippen molar-refractivity contribution in [2.24, 2.45) is 0 Å². The lowest BCUT2D eigenvalue weighted by molar-refractivity contribution is 0.171. The summed E-state index contributed by atoms with van der Waals surface area (Å²) in [6.07, 6.45) is 5.74. The standard InChI is InChI=1S/C27H31N7O4S/c1-27(2,3)23-13-17(14-24(31-23)33-39(4,36)37)29-26(35)30-21-10-11-22(20-8-6-5-7-19(20)21)38-18-9-12-25-32-28-16-34(25)15-18/h5-9,12-16,21-22H,10-11H2,1-4H3,(H3,29,30,31,33,35)/t21-,22+/m0/s1. The summed E-state index contributed by atoms with van der Waals surface area (Å²) in [4.78, 5) is 17.5. The van der Waals surface area contributed by atoms with Crippen LogP contribution in [0.3, 0.4) is 0 Å². The molecule has 0 bridgehead atoms. The van der Waals surface area contributed by atoms with E-state index >= 15 is 0 Å². The Morgan fingerprint density at radius 2 is 1.85 bits per heavy atom. The van der Waals surface area contributed by atoms with Gasteiger partial charge >= 0.3 is 6.03 Å². The minimum atomic E-state index is -3.54. The minimum absolute atomic E-state index is 0.146. The van der Waals surface area contributed by atoms with Gasteiger partial charge in [0.25, 0.3) is 0 Å². The maximum Gasteiger partial charge on any atom is 0.319 e. The quantitative estimate of drug-likeness (QED) is 0.320. The molecule has 0 spiro atoms. The van der Waals surface area contributed by atoms with Crippen LogP contribution in [0.25, 0.3) is 5.65 Å². The predicted molar refractivity (Wildman–Crippen MR) is 148 cm³/mol. The van der Waals surface area contributed by atoms with Crippen LogP contribution in [0.4, 0.5) is 16.3 Å². The van der Waals surface area contributed by atoms with Gasteiger partial charge in [-0.1, -0.05) is 45.0 Å². The van der Waals surface area contributed by atoms with Crippen LogP contribution < -0.4 is 20.1 Å². The molecule has 1 aromatic carbocycles. The zero-order chi connectivity index (χ0) is 27.8. The summed E-state index contributed by atoms with van der Waals surface area (Å²) in [5.41, 5.74) is 3.45. The van der Waals surface area contributed by atoms with Crippen LogP contribution in [-0.2, 0) is 15.4 Å². The van der Waals surface area contributed by atoms with Crippen molar-refractivity contribution in [2.75, 3.05) is 16.3 Å². The summed E-state index contributed by atoms with van der Waals surface area (Å²) < 4.78 is 34.1. The molecule has 204 valence electrons. The lowest BCUT2D eigenvalue weighted by atomic mass is 9.85. The average Bonchev–Trinajstić information content (AvgIpc) is 3.32. The molecule has 12 heteroatoms. The first-order valence-corrected chi connectivity index (χ1v) is 14.5. The van der Waals surface area contributed by atoms with Crippen LogP contribution in [0.5, 0.6) is 5.75 Å². The molecule has 0 saturated carbocycles. The highest BCUT2D eigenvalue weighted by molar-refractivity contribution is 7.92. The fourth-order valence-corrected chi connectivity index (χ4v) is 5.10. The number of sulfonamides is 1. The van der Waals surface area contributed by atoms with Gasteiger partial charge in [0, 0.05) is 17.2 Å². The number of fused-ring (bicyclic) bond motifs is 2. The Kier molecular flexibility index (Phi) is 6.89. The Balaban J connectivity index is 1.32. The topological polar surface area (TPSA) is 140 Å². The molecule has 39 heavy (non-hydrogen) atoms. The zero-order valence-corrected chi connectivity index (χ0v) is 23.0. The van der Waals surface area contributed by atoms with Gasteiger partial charge in [0.15, 0.2) is 5.65 Å². The number of carbonyl (C=O) groups excluding carboxylic acids is 1. The molecule has 5 rings (SSSR count). The molecule has 0 radical (unpaired) electrons. The van der Waals surface area contributed by atoms with Crippen LogP contribution in [0.1, 0.15) is 62.6 Å². The molecule has 0 saturated heterocycles. The van der Waals surface area contributed by atoms with Crippen molar-refractivity contribution in [2.45, 2.75) is 51.2 Å². The summed E-state index contributed by atoms with van der Waals surface area (Å²) in [6.45, 7) is 5.89. The monoisotopic (exact) mass is 549 g/mol. The molecular formula is C27H31N7O4S. The number of benzene rings is 1. The van der Waals surface area contributed by atoms with Gasteiger partial charge in [-0.15, -0.1) is 10.2 Å². The lowest BCUT2D eigenvalue weighted by Gasteiger charge is -2.32. The first-order valence-electron chi connectivity index (χ1n) is 12.6. The first-order chi connectivity index (χ1) is 18.4. The van der Waals surface area contributed by atoms with E-state index in [1.807, 2.05) is 63.4 Å². The highest BCUT2D eigenvalue weighted by atomic mass is 32.2. The number of rotatable bonds is 6. The van der Waals surface area contributed by atoms with E-state index in [0.29, 0.717) is 30.0 Å². The van der Waals surface area contributed by atoms with Gasteiger partial charge in [-0.2, -0.15) is 0 Å². The number of pyridine rings is 2. The number of amides is 2. The van der Waals surface area contributed by atoms with Gasteiger partial charge < -0.3 is 15.4 Å². The van der Waals surface area contributed by atoms with Crippen LogP contribution in [0, 0.1) is 0 Å². The fourth-order valence-electron chi connectivity index (χ4n) is 4.62. The predicted octanol–water partition coefficient (Wildman–Crippen LogP) is 4.57. The first kappa shape index (κ1) is 26.4. The number of aromatic nitrogens is 4. The SMILES string of the molecule is CC(C)(C)c1cc(NC(=O)N[C@H]2CC[C@@H](Oc3ccc4nncn4c3)c3ccccc32)cc(NS(C)(=O)=O)n1. The van der Waals surface area contributed by atoms with Crippen molar-refractivity contribution in [3.8, 4) is 5.75 Å². The number of urea groups is 1. The number of nitrogens with zero attached hydrogens (tertiary/aromatic N) is 4. The third kappa shape index (κ3) is 6.28. The summed E-state index contributed by atoms with van der Waals surface area (Å²) >= 11 is 0. The Morgan fingerprint density at radius 3 is 2.59 bits per heavy atom. The van der Waals surface area contributed by atoms with Crippen molar-refractivity contribution in [1.29, 1.82) is 0 Å². The van der Waals surface area contributed by atoms with E-state index in [4.69, 9.17) is 4.74 Å². The van der Waals surface area contributed by atoms with Crippen LogP contribution in [0.15, 0.2) is 61.1 Å². The van der Waals surface area contributed by atoms with Crippen molar-refractivity contribution < 1.29 is 17.9 Å². The van der Waals surface area contributed by atoms with Gasteiger partial charge in [-0.25, -0.2) is 18.2 Å². The second-order valence-corrected chi connectivity index (χ2v) is 12.4. The molecule has 11 nitrogen and oxygen atoms in total. The number of anilines is 2. The van der Waals surface area contributed by atoms with E-state index in [1.54, 1.807) is 16.8 Å². The van der Waals surface area contributed by atoms with Crippen molar-refractivity contribution >= 4 is 33.2 Å². The molecule has 1 aliphatic carbocycles. The molecule has 0 unspecified atom stereocenters. The molecule has 2 atom stereocenters. The minimum Gasteiger partial charge on any atom is -0.484 e. The Bertz CT molecular complexity index is 1630. The van der Waals surface area contributed by atoms with E-state index in [-0.39, 0.29) is 23.4 Å². The number of hydrogen-bond acceptors (Lipinski definition) is 7. The highest BCUT2D eigenvalue weighted by Crippen LogP contribution is 2.39. The second kappa shape index (κ2) is 10.2. The van der Waals surface area contributed by atoms with Crippen LogP contribution >= 0.6 is 0 Å². The molecule has 0 fully saturated rings. The van der Waals surface area contributed by atoms with Crippen molar-refractivity contribution in [3.05, 3.63) is 77.9 Å². The molecule has 2 amide bonds. The zero-order valence-electron chi connectivity index (χ0n) is 22.2. The summed E-state index contributed by atoms with van der Waals surface area (Å²) in [5.74, 6) is 0.852. The van der Waals surface area contributed by atoms with E-state index in [9.17, 15) is 13.2 Å². The fraction of sp³-hybridized carbons (Fsp3) is 0.333. The molecule has 0 aliphatic heterocycles. The molecule has 3 N–H and O–H groups in total. The largest absolute Gasteiger partial charge is 0.484 e. The Morgan fingerprint density at radius 1 is 1.08 bits per heavy atom. The van der Waals surface area contributed by atoms with E-state index < -0.39 is 16.1 Å². The molecule has 3 aromatic heterocycles. The molecule has 1 aliphatic rings. The highest BCUT2D eigenvalue weighted by Gasteiger charge is 2.29. The smallest absolute Gasteiger partial charge is 0.319 e. The summed E-state index contributed by atoms with van der Waals surface area (Å²) in [5, 5.41) is 13.9. The maximum atomic E-state index is 13.1. The third-order valence-corrected chi connectivity index (χ3v) is 7.00. The number of nitrogens with one attached hydrogen (secondary N) is 3. The van der Waals surface area contributed by atoms with E-state index in [1.165, 1.54) is 6.07 Å². The Hall–Kier alpha value is -4.19. The lowest BCUT2D eigenvalue weighted by Crippen LogP contribution is -2.35. The Labute approximate surface area is 227 Å². The maximum absolute atomic E-state index is 13.1. The van der Waals surface area contributed by atoms with Crippen LogP contribution in [0.2, 0.25) is 0 Å². The summed E-state index contributed by atoms with van der Waals surface area (Å²) in [7, 11) is -3.54. The van der Waals surface area contributed by atoms with Gasteiger partial charge in [0.2, 0.25) is 10.0 Å². The normalized spacial score (nSPS) is 17.3. The van der Waals surface area contributed by atoms with Gasteiger partial charge in [-0.05, 0) is 42.2 Å². The van der Waals surface area contributed by atoms with Gasteiger partial charge in [0.1, 0.15) is 24.0 Å². The van der Waals surface area contributed by atoms with Crippen molar-refractivity contribution in [1.82, 2.24) is 24.9 Å². The van der Waals surface area contributed by atoms with E-state index in [0.717, 1.165) is 23.0 Å². The van der Waals surface area contributed by atoms with Crippen LogP contribution in [-0.4, -0.2) is 40.3 Å². The average molecular weight is 550 g/mol.